The van der Waals surface area contributed by atoms with Crippen LogP contribution in [-0.4, -0.2) is 14.9 Å². The molecule has 0 atom stereocenters. The summed E-state index contributed by atoms with van der Waals surface area (Å²) in [4.78, 5) is 18.3. The van der Waals surface area contributed by atoms with Crippen molar-refractivity contribution in [3.8, 4) is 5.75 Å². The minimum atomic E-state index is -4.28. The predicted octanol–water partition coefficient (Wildman–Crippen LogP) is 1.49. The second-order valence-corrected chi connectivity index (χ2v) is 6.07. The van der Waals surface area contributed by atoms with E-state index in [1.54, 1.807) is 0 Å². The molecule has 0 aliphatic rings. The van der Waals surface area contributed by atoms with Gasteiger partial charge in [0.2, 0.25) is 0 Å². The van der Waals surface area contributed by atoms with Crippen molar-refractivity contribution in [3.05, 3.63) is 23.8 Å². The van der Waals surface area contributed by atoms with Crippen LogP contribution in [0.1, 0.15) is 26.3 Å². The number of hydrogen-bond acceptors (Lipinski definition) is 2. The fourth-order valence-electron chi connectivity index (χ4n) is 1.38. The van der Waals surface area contributed by atoms with Crippen molar-refractivity contribution < 1.29 is 19.5 Å². The molecule has 0 aliphatic carbocycles. The summed E-state index contributed by atoms with van der Waals surface area (Å²) in [6.45, 7) is 5.50. The van der Waals surface area contributed by atoms with Gasteiger partial charge in [-0.2, -0.15) is 0 Å². The molecule has 1 rings (SSSR count). The Labute approximate surface area is 88.7 Å². The summed E-state index contributed by atoms with van der Waals surface area (Å²) in [5.41, 5.74) is 0.0469. The quantitative estimate of drug-likeness (QED) is 0.639. The average Bonchev–Trinajstić information content (AvgIpc) is 2.00. The van der Waals surface area contributed by atoms with Gasteiger partial charge in [-0.25, -0.2) is 0 Å². The topological polar surface area (TPSA) is 77.8 Å². The number of phenolic OH excluding ortho intramolecular Hbond substituents is 1. The first-order valence-electron chi connectivity index (χ1n) is 4.52. The fraction of sp³-hybridized carbons (Fsp3) is 0.400. The van der Waals surface area contributed by atoms with E-state index in [1.807, 2.05) is 20.8 Å². The van der Waals surface area contributed by atoms with E-state index in [1.165, 1.54) is 18.2 Å². The monoisotopic (exact) mass is 230 g/mol. The standard InChI is InChI=1S/C10H15O4P/c1-10(2,3)8-6-7(11)4-5-9(8)15(12,13)14/h4-6,11H,1-3H3,(H2,12,13,14). The zero-order chi connectivity index (χ0) is 11.9. The largest absolute Gasteiger partial charge is 0.508 e. The van der Waals surface area contributed by atoms with Crippen LogP contribution in [0.3, 0.4) is 0 Å². The van der Waals surface area contributed by atoms with Crippen LogP contribution in [-0.2, 0) is 9.98 Å². The molecule has 0 saturated heterocycles. The van der Waals surface area contributed by atoms with Gasteiger partial charge in [0.05, 0.1) is 5.30 Å². The van der Waals surface area contributed by atoms with Gasteiger partial charge in [0.15, 0.2) is 0 Å². The Morgan fingerprint density at radius 1 is 1.20 bits per heavy atom. The third-order valence-corrected chi connectivity index (χ3v) is 3.12. The summed E-state index contributed by atoms with van der Waals surface area (Å²) < 4.78 is 11.2. The zero-order valence-electron chi connectivity index (χ0n) is 8.93. The van der Waals surface area contributed by atoms with Gasteiger partial charge in [0, 0.05) is 0 Å². The summed E-state index contributed by atoms with van der Waals surface area (Å²) in [6, 6.07) is 3.95. The molecule has 0 aliphatic heterocycles. The molecule has 0 fully saturated rings. The summed E-state index contributed by atoms with van der Waals surface area (Å²) >= 11 is 0. The van der Waals surface area contributed by atoms with Crippen molar-refractivity contribution in [2.24, 2.45) is 0 Å². The van der Waals surface area contributed by atoms with Gasteiger partial charge < -0.3 is 14.9 Å². The van der Waals surface area contributed by atoms with Gasteiger partial charge in [0.25, 0.3) is 0 Å². The van der Waals surface area contributed by atoms with E-state index in [2.05, 4.69) is 0 Å². The minimum Gasteiger partial charge on any atom is -0.508 e. The molecule has 0 radical (unpaired) electrons. The third-order valence-electron chi connectivity index (χ3n) is 2.10. The Balaban J connectivity index is 3.48. The molecule has 0 amide bonds. The summed E-state index contributed by atoms with van der Waals surface area (Å²) in [6.07, 6.45) is 0. The lowest BCUT2D eigenvalue weighted by Crippen LogP contribution is -2.22. The van der Waals surface area contributed by atoms with Crippen molar-refractivity contribution >= 4 is 12.9 Å². The van der Waals surface area contributed by atoms with Crippen LogP contribution in [0.2, 0.25) is 0 Å². The highest BCUT2D eigenvalue weighted by Gasteiger charge is 2.27. The molecule has 0 saturated carbocycles. The number of rotatable bonds is 1. The Hall–Kier alpha value is -0.830. The summed E-state index contributed by atoms with van der Waals surface area (Å²) in [5.74, 6) is 0.0112. The van der Waals surface area contributed by atoms with E-state index >= 15 is 0 Å². The molecule has 1 aromatic rings. The highest BCUT2D eigenvalue weighted by atomic mass is 31.2. The molecule has 1 aromatic carbocycles. The average molecular weight is 230 g/mol. The molecule has 4 nitrogen and oxygen atoms in total. The second kappa shape index (κ2) is 3.63. The maximum absolute atomic E-state index is 11.2. The number of phenols is 1. The van der Waals surface area contributed by atoms with Gasteiger partial charge in [-0.15, -0.1) is 0 Å². The molecule has 0 unspecified atom stereocenters. The minimum absolute atomic E-state index is 0.0112. The van der Waals surface area contributed by atoms with E-state index in [9.17, 15) is 9.67 Å². The van der Waals surface area contributed by atoms with Crippen molar-refractivity contribution in [1.29, 1.82) is 0 Å². The molecule has 5 heteroatoms. The normalized spacial score (nSPS) is 12.9. The maximum Gasteiger partial charge on any atom is 0.356 e. The lowest BCUT2D eigenvalue weighted by molar-refractivity contribution is 0.386. The molecule has 0 aromatic heterocycles. The van der Waals surface area contributed by atoms with Crippen LogP contribution in [0.25, 0.3) is 0 Å². The Bertz CT molecular complexity index is 414. The molecule has 0 spiro atoms. The third kappa shape index (κ3) is 2.81. The van der Waals surface area contributed by atoms with E-state index in [0.717, 1.165) is 0 Å². The molecule has 3 N–H and O–H groups in total. The van der Waals surface area contributed by atoms with E-state index < -0.39 is 13.0 Å². The molecule has 15 heavy (non-hydrogen) atoms. The Kier molecular flexibility index (Phi) is 2.97. The van der Waals surface area contributed by atoms with E-state index in [4.69, 9.17) is 9.79 Å². The van der Waals surface area contributed by atoms with Gasteiger partial charge in [-0.3, -0.25) is 4.57 Å². The van der Waals surface area contributed by atoms with Crippen molar-refractivity contribution in [2.45, 2.75) is 26.2 Å². The molecular formula is C10H15O4P. The summed E-state index contributed by atoms with van der Waals surface area (Å²) in [5, 5.41) is 9.29. The first kappa shape index (κ1) is 12.2. The Morgan fingerprint density at radius 3 is 2.13 bits per heavy atom. The number of aromatic hydroxyl groups is 1. The first-order valence-corrected chi connectivity index (χ1v) is 6.13. The number of benzene rings is 1. The predicted molar refractivity (Wildman–Crippen MR) is 58.5 cm³/mol. The molecular weight excluding hydrogens is 215 g/mol. The highest BCUT2D eigenvalue weighted by molar-refractivity contribution is 7.60. The smallest absolute Gasteiger partial charge is 0.356 e. The van der Waals surface area contributed by atoms with Crippen molar-refractivity contribution in [3.63, 3.8) is 0 Å². The van der Waals surface area contributed by atoms with Crippen LogP contribution >= 0.6 is 7.60 Å². The van der Waals surface area contributed by atoms with E-state index in [0.29, 0.717) is 5.56 Å². The highest BCUT2D eigenvalue weighted by Crippen LogP contribution is 2.39. The van der Waals surface area contributed by atoms with Crippen LogP contribution in [0.15, 0.2) is 18.2 Å². The maximum atomic E-state index is 11.2. The van der Waals surface area contributed by atoms with Crippen LogP contribution in [0, 0.1) is 0 Å². The lowest BCUT2D eigenvalue weighted by Gasteiger charge is -2.23. The zero-order valence-corrected chi connectivity index (χ0v) is 9.82. The van der Waals surface area contributed by atoms with Gasteiger partial charge in [0.1, 0.15) is 5.75 Å². The van der Waals surface area contributed by atoms with Crippen LogP contribution < -0.4 is 5.30 Å². The van der Waals surface area contributed by atoms with Crippen molar-refractivity contribution in [2.75, 3.05) is 0 Å². The summed E-state index contributed by atoms with van der Waals surface area (Å²) in [7, 11) is -4.28. The SMILES string of the molecule is CC(C)(C)c1cc(O)ccc1P(=O)(O)O. The number of hydrogen-bond donors (Lipinski definition) is 3. The van der Waals surface area contributed by atoms with Gasteiger partial charge in [-0.05, 0) is 29.2 Å². The van der Waals surface area contributed by atoms with Crippen LogP contribution in [0.4, 0.5) is 0 Å². The Morgan fingerprint density at radius 2 is 1.73 bits per heavy atom. The van der Waals surface area contributed by atoms with Gasteiger partial charge in [-0.1, -0.05) is 20.8 Å². The van der Waals surface area contributed by atoms with Crippen LogP contribution in [0.5, 0.6) is 5.75 Å². The molecule has 0 bridgehead atoms. The first-order chi connectivity index (χ1) is 6.62. The second-order valence-electron chi connectivity index (χ2n) is 4.50. The molecule has 84 valence electrons. The fourth-order valence-corrected chi connectivity index (χ4v) is 2.36. The van der Waals surface area contributed by atoms with E-state index in [-0.39, 0.29) is 11.1 Å². The molecule has 0 heterocycles. The van der Waals surface area contributed by atoms with Crippen molar-refractivity contribution in [1.82, 2.24) is 0 Å². The lowest BCUT2D eigenvalue weighted by atomic mass is 9.87. The van der Waals surface area contributed by atoms with Gasteiger partial charge >= 0.3 is 7.60 Å².